The molecule has 0 unspecified atom stereocenters. The number of halogens is 1. The van der Waals surface area contributed by atoms with Gasteiger partial charge in [-0.15, -0.1) is 12.4 Å². The van der Waals surface area contributed by atoms with Crippen molar-refractivity contribution in [2.45, 2.75) is 31.9 Å². The zero-order valence-corrected chi connectivity index (χ0v) is 12.1. The average molecular weight is 307 g/mol. The number of phenolic OH excluding ortho intramolecular Hbond substituents is 1. The maximum atomic E-state index is 10.8. The van der Waals surface area contributed by atoms with Crippen LogP contribution in [0.1, 0.15) is 31.4 Å². The van der Waals surface area contributed by atoms with Gasteiger partial charge in [-0.25, -0.2) is 0 Å². The third-order valence-electron chi connectivity index (χ3n) is 2.88. The molecule has 0 aliphatic carbocycles. The van der Waals surface area contributed by atoms with E-state index in [-0.39, 0.29) is 35.2 Å². The van der Waals surface area contributed by atoms with Gasteiger partial charge in [-0.05, 0) is 6.42 Å². The van der Waals surface area contributed by atoms with Crippen LogP contribution in [-0.2, 0) is 0 Å². The zero-order valence-electron chi connectivity index (χ0n) is 11.3. The monoisotopic (exact) mass is 306 g/mol. The van der Waals surface area contributed by atoms with E-state index < -0.39 is 17.1 Å². The lowest BCUT2D eigenvalue weighted by molar-refractivity contribution is -0.385. The van der Waals surface area contributed by atoms with Crippen molar-refractivity contribution in [3.05, 3.63) is 27.8 Å². The van der Waals surface area contributed by atoms with Gasteiger partial charge in [0.25, 0.3) is 5.69 Å². The highest BCUT2D eigenvalue weighted by Crippen LogP contribution is 2.38. The van der Waals surface area contributed by atoms with Crippen LogP contribution in [0.3, 0.4) is 0 Å². The van der Waals surface area contributed by atoms with Gasteiger partial charge in [0.2, 0.25) is 0 Å². The van der Waals surface area contributed by atoms with Crippen molar-refractivity contribution in [3.8, 4) is 11.5 Å². The molecule has 0 saturated carbocycles. The number of aromatic hydroxyl groups is 1. The molecule has 1 aromatic carbocycles. The topological polar surface area (TPSA) is 119 Å². The Hall–Kier alpha value is -1.57. The number of methoxy groups -OCH3 is 1. The molecule has 7 nitrogen and oxygen atoms in total. The predicted molar refractivity (Wildman–Crippen MR) is 76.4 cm³/mol. The van der Waals surface area contributed by atoms with Gasteiger partial charge in [-0.1, -0.05) is 13.3 Å². The summed E-state index contributed by atoms with van der Waals surface area (Å²) in [5.41, 5.74) is 5.69. The summed E-state index contributed by atoms with van der Waals surface area (Å²) in [4.78, 5) is 10.2. The van der Waals surface area contributed by atoms with Crippen molar-refractivity contribution < 1.29 is 19.9 Å². The molecule has 0 aromatic heterocycles. The zero-order chi connectivity index (χ0) is 14.6. The maximum absolute atomic E-state index is 10.8. The average Bonchev–Trinajstić information content (AvgIpc) is 2.38. The largest absolute Gasteiger partial charge is 0.504 e. The molecule has 114 valence electrons. The number of nitrogens with two attached hydrogens (primary N) is 1. The van der Waals surface area contributed by atoms with Crippen LogP contribution >= 0.6 is 12.4 Å². The van der Waals surface area contributed by atoms with Gasteiger partial charge < -0.3 is 20.7 Å². The Labute approximate surface area is 122 Å². The van der Waals surface area contributed by atoms with E-state index in [4.69, 9.17) is 10.5 Å². The number of non-ortho nitro benzene ring substituents is 1. The number of aliphatic hydroxyl groups excluding tert-OH is 1. The van der Waals surface area contributed by atoms with Crippen molar-refractivity contribution in [1.29, 1.82) is 0 Å². The Morgan fingerprint density at radius 2 is 2.10 bits per heavy atom. The number of hydrogen-bond acceptors (Lipinski definition) is 6. The van der Waals surface area contributed by atoms with Crippen molar-refractivity contribution in [2.24, 2.45) is 5.73 Å². The molecule has 0 fully saturated rings. The molecule has 0 bridgehead atoms. The number of aliphatic hydroxyl groups is 1. The first-order valence-corrected chi connectivity index (χ1v) is 5.91. The third-order valence-corrected chi connectivity index (χ3v) is 2.88. The second-order valence-corrected chi connectivity index (χ2v) is 4.22. The number of rotatable bonds is 6. The number of nitro benzene ring substituents is 1. The van der Waals surface area contributed by atoms with Crippen LogP contribution in [0.15, 0.2) is 12.1 Å². The highest BCUT2D eigenvalue weighted by atomic mass is 35.5. The Balaban J connectivity index is 0.00000361. The van der Waals surface area contributed by atoms with Crippen molar-refractivity contribution in [1.82, 2.24) is 0 Å². The molecule has 0 spiro atoms. The van der Waals surface area contributed by atoms with Crippen LogP contribution in [0.25, 0.3) is 0 Å². The number of hydrogen-bond donors (Lipinski definition) is 3. The van der Waals surface area contributed by atoms with Gasteiger partial charge in [0, 0.05) is 11.6 Å². The molecule has 1 aromatic rings. The lowest BCUT2D eigenvalue weighted by Crippen LogP contribution is -2.26. The van der Waals surface area contributed by atoms with Gasteiger partial charge >= 0.3 is 0 Å². The van der Waals surface area contributed by atoms with Crippen LogP contribution < -0.4 is 10.5 Å². The van der Waals surface area contributed by atoms with Crippen LogP contribution in [0.2, 0.25) is 0 Å². The maximum Gasteiger partial charge on any atom is 0.273 e. The summed E-state index contributed by atoms with van der Waals surface area (Å²) < 4.78 is 4.87. The molecule has 8 heteroatoms. The molecular formula is C12H19ClN2O5. The fourth-order valence-corrected chi connectivity index (χ4v) is 1.81. The fraction of sp³-hybridized carbons (Fsp3) is 0.500. The molecule has 1 rings (SSSR count). The first-order chi connectivity index (χ1) is 8.92. The molecule has 0 radical (unpaired) electrons. The summed E-state index contributed by atoms with van der Waals surface area (Å²) in [6, 6.07) is 1.35. The highest BCUT2D eigenvalue weighted by Gasteiger charge is 2.25. The lowest BCUT2D eigenvalue weighted by Gasteiger charge is -2.20. The van der Waals surface area contributed by atoms with E-state index in [0.29, 0.717) is 12.8 Å². The Bertz CT molecular complexity index is 469. The van der Waals surface area contributed by atoms with E-state index in [1.54, 1.807) is 0 Å². The minimum atomic E-state index is -0.909. The minimum Gasteiger partial charge on any atom is -0.504 e. The fourth-order valence-electron chi connectivity index (χ4n) is 1.81. The van der Waals surface area contributed by atoms with E-state index in [9.17, 15) is 20.3 Å². The van der Waals surface area contributed by atoms with E-state index in [1.807, 2.05) is 6.92 Å². The summed E-state index contributed by atoms with van der Waals surface area (Å²) in [6.07, 6.45) is 0.260. The van der Waals surface area contributed by atoms with Crippen LogP contribution in [0.5, 0.6) is 11.5 Å². The summed E-state index contributed by atoms with van der Waals surface area (Å²) in [5.74, 6) is -0.320. The van der Waals surface area contributed by atoms with Crippen LogP contribution in [-0.4, -0.2) is 28.4 Å². The Morgan fingerprint density at radius 1 is 1.50 bits per heavy atom. The standard InChI is InChI=1S/C12H18N2O5.ClH/c1-3-4-9(15)11(13)8-5-7(14(17)18)6-10(19-2)12(8)16;/h5-6,9,11,15-16H,3-4,13H2,1-2H3;1H/t9-,11+;/m1./s1. The smallest absolute Gasteiger partial charge is 0.273 e. The SMILES string of the molecule is CCC[C@@H](O)[C@@H](N)c1cc([N+](=O)[O-])cc(OC)c1O.Cl. The Kier molecular flexibility index (Phi) is 7.26. The molecule has 0 saturated heterocycles. The summed E-state index contributed by atoms with van der Waals surface area (Å²) >= 11 is 0. The quantitative estimate of drug-likeness (QED) is 0.545. The first kappa shape index (κ1) is 18.4. The molecular weight excluding hydrogens is 288 g/mol. The molecule has 20 heavy (non-hydrogen) atoms. The van der Waals surface area contributed by atoms with Gasteiger partial charge in [-0.2, -0.15) is 0 Å². The second kappa shape index (κ2) is 7.88. The van der Waals surface area contributed by atoms with E-state index >= 15 is 0 Å². The van der Waals surface area contributed by atoms with Gasteiger partial charge in [0.15, 0.2) is 11.5 Å². The highest BCUT2D eigenvalue weighted by molar-refractivity contribution is 5.85. The predicted octanol–water partition coefficient (Wildman–Crippen LogP) is 1.89. The van der Waals surface area contributed by atoms with Crippen molar-refractivity contribution in [3.63, 3.8) is 0 Å². The Morgan fingerprint density at radius 3 is 2.55 bits per heavy atom. The van der Waals surface area contributed by atoms with Crippen LogP contribution in [0, 0.1) is 10.1 Å². The third kappa shape index (κ3) is 3.96. The van der Waals surface area contributed by atoms with E-state index in [1.165, 1.54) is 7.11 Å². The molecule has 0 heterocycles. The van der Waals surface area contributed by atoms with Crippen molar-refractivity contribution >= 4 is 18.1 Å². The molecule has 0 aliphatic rings. The number of nitro groups is 1. The molecule has 2 atom stereocenters. The van der Waals surface area contributed by atoms with Gasteiger partial charge in [-0.3, -0.25) is 10.1 Å². The lowest BCUT2D eigenvalue weighted by atomic mass is 9.97. The summed E-state index contributed by atoms with van der Waals surface area (Å²) in [7, 11) is 1.29. The number of nitrogens with zero attached hydrogens (tertiary/aromatic N) is 1. The van der Waals surface area contributed by atoms with Gasteiger partial charge in [0.05, 0.1) is 30.2 Å². The second-order valence-electron chi connectivity index (χ2n) is 4.22. The summed E-state index contributed by atoms with van der Waals surface area (Å²) in [6.45, 7) is 1.88. The molecule has 0 amide bonds. The molecule has 0 aliphatic heterocycles. The molecule has 4 N–H and O–H groups in total. The first-order valence-electron chi connectivity index (χ1n) is 5.91. The van der Waals surface area contributed by atoms with E-state index in [2.05, 4.69) is 0 Å². The number of phenols is 1. The summed E-state index contributed by atoms with van der Waals surface area (Å²) in [5, 5.41) is 30.6. The normalized spacial score (nSPS) is 13.2. The van der Waals surface area contributed by atoms with Crippen LogP contribution in [0.4, 0.5) is 5.69 Å². The van der Waals surface area contributed by atoms with Gasteiger partial charge in [0.1, 0.15) is 0 Å². The van der Waals surface area contributed by atoms with Crippen molar-refractivity contribution in [2.75, 3.05) is 7.11 Å². The minimum absolute atomic E-state index is 0. The number of ether oxygens (including phenoxy) is 1. The van der Waals surface area contributed by atoms with E-state index in [0.717, 1.165) is 12.1 Å². The number of benzene rings is 1.